The number of methoxy groups -OCH3 is 1. The minimum absolute atomic E-state index is 0.375. The highest BCUT2D eigenvalue weighted by Gasteiger charge is 2.16. The Morgan fingerprint density at radius 3 is 2.94 bits per heavy atom. The van der Waals surface area contributed by atoms with Crippen LogP contribution >= 0.6 is 0 Å². The van der Waals surface area contributed by atoms with Crippen LogP contribution in [0.4, 0.5) is 5.95 Å². The Kier molecular flexibility index (Phi) is 2.52. The smallest absolute Gasteiger partial charge is 0.340 e. The molecule has 0 saturated carbocycles. The summed E-state index contributed by atoms with van der Waals surface area (Å²) in [4.78, 5) is 15.8. The number of hydrogen-bond acceptors (Lipinski definition) is 4. The largest absolute Gasteiger partial charge is 0.465 e. The molecule has 0 unspecified atom stereocenters. The molecule has 2 aromatic rings. The Labute approximate surface area is 92.8 Å². The van der Waals surface area contributed by atoms with Crippen LogP contribution < -0.4 is 5.73 Å². The maximum Gasteiger partial charge on any atom is 0.340 e. The standard InChI is InChI=1S/C11H13N3O2/c1-3-14-9-7(10(15)16-2)5-4-6-8(9)13-11(14)12/h4-6H,3H2,1-2H3,(H2,12,13). The summed E-state index contributed by atoms with van der Waals surface area (Å²) in [6, 6.07) is 5.30. The lowest BCUT2D eigenvalue weighted by molar-refractivity contribution is 0.0602. The molecule has 0 aliphatic rings. The van der Waals surface area contributed by atoms with Crippen LogP contribution in [0, 0.1) is 0 Å². The predicted molar refractivity (Wildman–Crippen MR) is 61.2 cm³/mol. The van der Waals surface area contributed by atoms with E-state index < -0.39 is 0 Å². The van der Waals surface area contributed by atoms with Crippen LogP contribution in [-0.4, -0.2) is 22.6 Å². The van der Waals surface area contributed by atoms with Crippen molar-refractivity contribution < 1.29 is 9.53 Å². The van der Waals surface area contributed by atoms with Crippen molar-refractivity contribution in [2.24, 2.45) is 0 Å². The van der Waals surface area contributed by atoms with Gasteiger partial charge in [-0.3, -0.25) is 0 Å². The first-order valence-electron chi connectivity index (χ1n) is 5.02. The highest BCUT2D eigenvalue weighted by Crippen LogP contribution is 2.22. The lowest BCUT2D eigenvalue weighted by Gasteiger charge is -2.05. The summed E-state index contributed by atoms with van der Waals surface area (Å²) in [7, 11) is 1.36. The number of hydrogen-bond donors (Lipinski definition) is 1. The van der Waals surface area contributed by atoms with E-state index in [0.29, 0.717) is 23.6 Å². The van der Waals surface area contributed by atoms with E-state index in [1.54, 1.807) is 16.7 Å². The molecule has 0 aliphatic heterocycles. The van der Waals surface area contributed by atoms with Gasteiger partial charge in [0.25, 0.3) is 0 Å². The first-order chi connectivity index (χ1) is 7.69. The molecule has 1 aromatic heterocycles. The topological polar surface area (TPSA) is 70.1 Å². The molecule has 0 radical (unpaired) electrons. The molecule has 0 aliphatic carbocycles. The monoisotopic (exact) mass is 219 g/mol. The zero-order chi connectivity index (χ0) is 11.7. The van der Waals surface area contributed by atoms with Gasteiger partial charge in [-0.15, -0.1) is 0 Å². The number of aromatic nitrogens is 2. The number of nitrogen functional groups attached to an aromatic ring is 1. The molecule has 5 nitrogen and oxygen atoms in total. The summed E-state index contributed by atoms with van der Waals surface area (Å²) in [5.74, 6) is 0.0362. The first kappa shape index (κ1) is 10.5. The van der Waals surface area contributed by atoms with E-state index >= 15 is 0 Å². The number of fused-ring (bicyclic) bond motifs is 1. The molecule has 84 valence electrons. The second-order valence-corrected chi connectivity index (χ2v) is 3.38. The lowest BCUT2D eigenvalue weighted by atomic mass is 10.2. The normalized spacial score (nSPS) is 10.6. The number of benzene rings is 1. The molecule has 5 heteroatoms. The molecule has 0 amide bonds. The average molecular weight is 219 g/mol. The number of nitrogens with two attached hydrogens (primary N) is 1. The lowest BCUT2D eigenvalue weighted by Crippen LogP contribution is -2.06. The van der Waals surface area contributed by atoms with Crippen molar-refractivity contribution in [3.63, 3.8) is 0 Å². The molecule has 2 N–H and O–H groups in total. The number of nitrogens with zero attached hydrogens (tertiary/aromatic N) is 2. The molecule has 1 heterocycles. The Bertz CT molecular complexity index is 545. The Hall–Kier alpha value is -2.04. The Balaban J connectivity index is 2.79. The summed E-state index contributed by atoms with van der Waals surface area (Å²) in [5, 5.41) is 0. The summed E-state index contributed by atoms with van der Waals surface area (Å²) < 4.78 is 6.53. The summed E-state index contributed by atoms with van der Waals surface area (Å²) in [5.41, 5.74) is 7.71. The van der Waals surface area contributed by atoms with E-state index in [1.807, 2.05) is 13.0 Å². The maximum absolute atomic E-state index is 11.6. The van der Waals surface area contributed by atoms with Gasteiger partial charge >= 0.3 is 5.97 Å². The van der Waals surface area contributed by atoms with E-state index in [-0.39, 0.29) is 5.97 Å². The van der Waals surface area contributed by atoms with Crippen molar-refractivity contribution >= 4 is 23.0 Å². The number of imidazole rings is 1. The van der Waals surface area contributed by atoms with Crippen LogP contribution in [0.25, 0.3) is 11.0 Å². The highest BCUT2D eigenvalue weighted by atomic mass is 16.5. The minimum Gasteiger partial charge on any atom is -0.465 e. The summed E-state index contributed by atoms with van der Waals surface area (Å²) in [6.45, 7) is 2.61. The van der Waals surface area contributed by atoms with Crippen molar-refractivity contribution in [2.75, 3.05) is 12.8 Å². The quantitative estimate of drug-likeness (QED) is 0.775. The number of rotatable bonds is 2. The van der Waals surface area contributed by atoms with Gasteiger partial charge in [0.2, 0.25) is 5.95 Å². The second-order valence-electron chi connectivity index (χ2n) is 3.38. The van der Waals surface area contributed by atoms with Gasteiger partial charge in [0.05, 0.1) is 23.7 Å². The van der Waals surface area contributed by atoms with Crippen molar-refractivity contribution in [1.82, 2.24) is 9.55 Å². The van der Waals surface area contributed by atoms with Crippen LogP contribution in [0.5, 0.6) is 0 Å². The third-order valence-corrected chi connectivity index (χ3v) is 2.52. The van der Waals surface area contributed by atoms with Crippen LogP contribution in [-0.2, 0) is 11.3 Å². The number of anilines is 1. The average Bonchev–Trinajstić information content (AvgIpc) is 2.63. The van der Waals surface area contributed by atoms with Gasteiger partial charge in [0, 0.05) is 6.54 Å². The third kappa shape index (κ3) is 1.41. The Morgan fingerprint density at radius 1 is 1.56 bits per heavy atom. The predicted octanol–water partition coefficient (Wildman–Crippen LogP) is 1.43. The van der Waals surface area contributed by atoms with Crippen LogP contribution in [0.3, 0.4) is 0 Å². The van der Waals surface area contributed by atoms with Gasteiger partial charge in [-0.25, -0.2) is 9.78 Å². The van der Waals surface area contributed by atoms with Gasteiger partial charge < -0.3 is 15.0 Å². The molecular weight excluding hydrogens is 206 g/mol. The van der Waals surface area contributed by atoms with E-state index in [1.165, 1.54) is 7.11 Å². The van der Waals surface area contributed by atoms with Crippen molar-refractivity contribution in [2.45, 2.75) is 13.5 Å². The Morgan fingerprint density at radius 2 is 2.31 bits per heavy atom. The second kappa shape index (κ2) is 3.84. The fourth-order valence-corrected chi connectivity index (χ4v) is 1.80. The van der Waals surface area contributed by atoms with Crippen LogP contribution in [0.15, 0.2) is 18.2 Å². The van der Waals surface area contributed by atoms with Gasteiger partial charge in [-0.05, 0) is 19.1 Å². The number of esters is 1. The number of ether oxygens (including phenoxy) is 1. The van der Waals surface area contributed by atoms with Gasteiger partial charge in [-0.1, -0.05) is 6.07 Å². The molecule has 0 spiro atoms. The zero-order valence-corrected chi connectivity index (χ0v) is 9.23. The van der Waals surface area contributed by atoms with Crippen LogP contribution in [0.1, 0.15) is 17.3 Å². The number of carbonyl (C=O) groups is 1. The van der Waals surface area contributed by atoms with E-state index in [2.05, 4.69) is 4.98 Å². The number of carbonyl (C=O) groups excluding carboxylic acids is 1. The van der Waals surface area contributed by atoms with Crippen molar-refractivity contribution in [3.05, 3.63) is 23.8 Å². The maximum atomic E-state index is 11.6. The summed E-state index contributed by atoms with van der Waals surface area (Å²) >= 11 is 0. The van der Waals surface area contributed by atoms with E-state index in [0.717, 1.165) is 5.52 Å². The van der Waals surface area contributed by atoms with E-state index in [9.17, 15) is 4.79 Å². The zero-order valence-electron chi connectivity index (χ0n) is 9.23. The van der Waals surface area contributed by atoms with Gasteiger partial charge in [0.1, 0.15) is 0 Å². The minimum atomic E-state index is -0.375. The fourth-order valence-electron chi connectivity index (χ4n) is 1.80. The molecular formula is C11H13N3O2. The molecule has 0 bridgehead atoms. The molecule has 2 rings (SSSR count). The van der Waals surface area contributed by atoms with Gasteiger partial charge in [-0.2, -0.15) is 0 Å². The van der Waals surface area contributed by atoms with Crippen LogP contribution in [0.2, 0.25) is 0 Å². The molecule has 0 atom stereocenters. The van der Waals surface area contributed by atoms with Gasteiger partial charge in [0.15, 0.2) is 0 Å². The fraction of sp³-hybridized carbons (Fsp3) is 0.273. The highest BCUT2D eigenvalue weighted by molar-refractivity contribution is 6.02. The number of aryl methyl sites for hydroxylation is 1. The summed E-state index contributed by atoms with van der Waals surface area (Å²) in [6.07, 6.45) is 0. The molecule has 0 fully saturated rings. The van der Waals surface area contributed by atoms with E-state index in [4.69, 9.17) is 10.5 Å². The molecule has 0 saturated heterocycles. The molecule has 16 heavy (non-hydrogen) atoms. The van der Waals surface area contributed by atoms with Crippen molar-refractivity contribution in [1.29, 1.82) is 0 Å². The first-order valence-corrected chi connectivity index (χ1v) is 5.02. The SMILES string of the molecule is CCn1c(N)nc2cccc(C(=O)OC)c21. The number of para-hydroxylation sites is 1. The van der Waals surface area contributed by atoms with Crippen molar-refractivity contribution in [3.8, 4) is 0 Å². The molecule has 1 aromatic carbocycles. The third-order valence-electron chi connectivity index (χ3n) is 2.52.